The summed E-state index contributed by atoms with van der Waals surface area (Å²) < 4.78 is 31.7. The molecule has 0 fully saturated rings. The van der Waals surface area contributed by atoms with Gasteiger partial charge in [0.05, 0.1) is 11.1 Å². The smallest absolute Gasteiger partial charge is 0.475 e. The molecule has 0 amide bonds. The highest BCUT2D eigenvalue weighted by molar-refractivity contribution is 5.89. The van der Waals surface area contributed by atoms with Gasteiger partial charge in [0, 0.05) is 12.1 Å². The Balaban J connectivity index is 0.000000345. The minimum absolute atomic E-state index is 0.230. The third kappa shape index (κ3) is 5.06. The molecule has 0 aliphatic rings. The van der Waals surface area contributed by atoms with Crippen LogP contribution in [-0.2, 0) is 4.79 Å². The maximum absolute atomic E-state index is 10.6. The number of alkyl halides is 3. The molecule has 0 aliphatic heterocycles. The summed E-state index contributed by atoms with van der Waals surface area (Å²) in [5, 5.41) is 11.2. The van der Waals surface area contributed by atoms with E-state index in [0.717, 1.165) is 29.0 Å². The molecule has 2 aromatic heterocycles. The first-order valence-corrected chi connectivity index (χ1v) is 8.17. The maximum atomic E-state index is 10.6. The molecule has 0 saturated carbocycles. The van der Waals surface area contributed by atoms with E-state index in [-0.39, 0.29) is 5.95 Å². The van der Waals surface area contributed by atoms with E-state index >= 15 is 0 Å². The van der Waals surface area contributed by atoms with Crippen molar-refractivity contribution >= 4 is 28.8 Å². The Labute approximate surface area is 158 Å². The number of halogens is 3. The number of rotatable bonds is 3. The quantitative estimate of drug-likeness (QED) is 0.622. The average molecular weight is 393 g/mol. The number of fused-ring (bicyclic) bond motifs is 1. The summed E-state index contributed by atoms with van der Waals surface area (Å²) in [6.07, 6.45) is -5.08. The van der Waals surface area contributed by atoms with Crippen molar-refractivity contribution in [1.29, 1.82) is 0 Å². The number of carboxylic acid groups (broad SMARTS) is 1. The lowest BCUT2D eigenvalue weighted by atomic mass is 10.1. The SMILES string of the molecule is CCNc1nc(N)nc2nc(-c3ccccc3C)ccc12.O=C(O)C(F)(F)F. The normalized spacial score (nSPS) is 10.9. The van der Waals surface area contributed by atoms with Crippen molar-refractivity contribution in [2.45, 2.75) is 20.0 Å². The van der Waals surface area contributed by atoms with Gasteiger partial charge in [0.1, 0.15) is 5.82 Å². The Morgan fingerprint density at radius 3 is 2.36 bits per heavy atom. The number of hydrogen-bond donors (Lipinski definition) is 3. The van der Waals surface area contributed by atoms with Crippen LogP contribution in [0.2, 0.25) is 0 Å². The second kappa shape index (κ2) is 8.51. The average Bonchev–Trinajstić information content (AvgIpc) is 2.61. The first-order chi connectivity index (χ1) is 13.1. The monoisotopic (exact) mass is 393 g/mol. The molecular formula is C18H18F3N5O2. The molecule has 0 radical (unpaired) electrons. The van der Waals surface area contributed by atoms with Gasteiger partial charge in [-0.15, -0.1) is 0 Å². The minimum atomic E-state index is -5.08. The molecule has 148 valence electrons. The number of pyridine rings is 1. The zero-order valence-corrected chi connectivity index (χ0v) is 15.1. The van der Waals surface area contributed by atoms with Crippen molar-refractivity contribution in [2.75, 3.05) is 17.6 Å². The fourth-order valence-electron chi connectivity index (χ4n) is 2.34. The predicted molar refractivity (Wildman–Crippen MR) is 99.8 cm³/mol. The molecule has 3 rings (SSSR count). The van der Waals surface area contributed by atoms with Crippen molar-refractivity contribution in [2.24, 2.45) is 0 Å². The van der Waals surface area contributed by atoms with Gasteiger partial charge in [-0.1, -0.05) is 24.3 Å². The van der Waals surface area contributed by atoms with Crippen molar-refractivity contribution in [3.63, 3.8) is 0 Å². The fourth-order valence-corrected chi connectivity index (χ4v) is 2.34. The van der Waals surface area contributed by atoms with E-state index in [2.05, 4.69) is 39.3 Å². The van der Waals surface area contributed by atoms with Gasteiger partial charge in [-0.25, -0.2) is 9.78 Å². The lowest BCUT2D eigenvalue weighted by Gasteiger charge is -2.09. The molecule has 0 spiro atoms. The number of nitrogen functional groups attached to an aromatic ring is 1. The van der Waals surface area contributed by atoms with E-state index in [4.69, 9.17) is 15.6 Å². The Bertz CT molecular complexity index is 993. The highest BCUT2D eigenvalue weighted by atomic mass is 19.4. The van der Waals surface area contributed by atoms with Gasteiger partial charge >= 0.3 is 12.1 Å². The van der Waals surface area contributed by atoms with Gasteiger partial charge in [-0.2, -0.15) is 23.1 Å². The molecule has 28 heavy (non-hydrogen) atoms. The molecule has 1 aromatic carbocycles. The number of aliphatic carboxylic acids is 1. The Kier molecular flexibility index (Phi) is 6.34. The number of carbonyl (C=O) groups is 1. The van der Waals surface area contributed by atoms with E-state index in [1.54, 1.807) is 0 Å². The largest absolute Gasteiger partial charge is 0.490 e. The van der Waals surface area contributed by atoms with Crippen LogP contribution in [0.3, 0.4) is 0 Å². The molecule has 4 N–H and O–H groups in total. The van der Waals surface area contributed by atoms with Crippen LogP contribution in [0, 0.1) is 6.92 Å². The lowest BCUT2D eigenvalue weighted by Crippen LogP contribution is -2.21. The van der Waals surface area contributed by atoms with E-state index in [1.165, 1.54) is 5.56 Å². The predicted octanol–water partition coefficient (Wildman–Crippen LogP) is 3.65. The van der Waals surface area contributed by atoms with Crippen LogP contribution in [0.4, 0.5) is 24.9 Å². The van der Waals surface area contributed by atoms with Gasteiger partial charge in [-0.3, -0.25) is 0 Å². The molecule has 0 atom stereocenters. The van der Waals surface area contributed by atoms with Crippen LogP contribution in [0.1, 0.15) is 12.5 Å². The summed E-state index contributed by atoms with van der Waals surface area (Å²) >= 11 is 0. The third-order valence-electron chi connectivity index (χ3n) is 3.58. The van der Waals surface area contributed by atoms with Crippen LogP contribution < -0.4 is 11.1 Å². The number of hydrogen-bond acceptors (Lipinski definition) is 6. The summed E-state index contributed by atoms with van der Waals surface area (Å²) in [5.41, 5.74) is 9.55. The highest BCUT2D eigenvalue weighted by Crippen LogP contribution is 2.26. The Morgan fingerprint density at radius 2 is 1.79 bits per heavy atom. The maximum Gasteiger partial charge on any atom is 0.490 e. The van der Waals surface area contributed by atoms with Gasteiger partial charge in [0.15, 0.2) is 5.65 Å². The molecule has 0 bridgehead atoms. The number of nitrogens with one attached hydrogen (secondary N) is 1. The van der Waals surface area contributed by atoms with Gasteiger partial charge in [-0.05, 0) is 31.5 Å². The first-order valence-electron chi connectivity index (χ1n) is 8.17. The Morgan fingerprint density at radius 1 is 1.14 bits per heavy atom. The van der Waals surface area contributed by atoms with Crippen molar-refractivity contribution < 1.29 is 23.1 Å². The molecule has 0 saturated heterocycles. The summed E-state index contributed by atoms with van der Waals surface area (Å²) in [4.78, 5) is 22.0. The van der Waals surface area contributed by atoms with Crippen LogP contribution in [0.5, 0.6) is 0 Å². The molecular weight excluding hydrogens is 375 g/mol. The van der Waals surface area contributed by atoms with Crippen LogP contribution >= 0.6 is 0 Å². The second-order valence-corrected chi connectivity index (χ2v) is 5.65. The molecule has 10 heteroatoms. The molecule has 2 heterocycles. The highest BCUT2D eigenvalue weighted by Gasteiger charge is 2.38. The fraction of sp³-hybridized carbons (Fsp3) is 0.222. The standard InChI is InChI=1S/C16H17N5.C2HF3O2/c1-3-18-14-12-8-9-13(11-7-5-4-6-10(11)2)19-15(12)21-16(17)20-14;3-2(4,5)1(6)7/h4-9H,3H2,1-2H3,(H3,17,18,19,20,21);(H,6,7). The van der Waals surface area contributed by atoms with Crippen LogP contribution in [0.25, 0.3) is 22.3 Å². The number of nitrogens with zero attached hydrogens (tertiary/aromatic N) is 3. The molecule has 0 aliphatic carbocycles. The number of anilines is 2. The van der Waals surface area contributed by atoms with Crippen molar-refractivity contribution in [3.8, 4) is 11.3 Å². The van der Waals surface area contributed by atoms with Crippen LogP contribution in [-0.4, -0.2) is 38.7 Å². The zero-order chi connectivity index (χ0) is 20.9. The molecule has 3 aromatic rings. The minimum Gasteiger partial charge on any atom is -0.475 e. The number of benzene rings is 1. The number of aryl methyl sites for hydroxylation is 1. The Hall–Kier alpha value is -3.43. The zero-order valence-electron chi connectivity index (χ0n) is 15.1. The third-order valence-corrected chi connectivity index (χ3v) is 3.58. The number of aromatic nitrogens is 3. The summed E-state index contributed by atoms with van der Waals surface area (Å²) in [5.74, 6) is -1.80. The van der Waals surface area contributed by atoms with Crippen molar-refractivity contribution in [3.05, 3.63) is 42.0 Å². The van der Waals surface area contributed by atoms with E-state index in [1.807, 2.05) is 31.2 Å². The first kappa shape index (κ1) is 20.9. The van der Waals surface area contributed by atoms with Crippen LogP contribution in [0.15, 0.2) is 36.4 Å². The van der Waals surface area contributed by atoms with E-state index in [9.17, 15) is 13.2 Å². The number of carboxylic acids is 1. The van der Waals surface area contributed by atoms with Crippen molar-refractivity contribution in [1.82, 2.24) is 15.0 Å². The van der Waals surface area contributed by atoms with Gasteiger partial charge < -0.3 is 16.2 Å². The number of nitrogens with two attached hydrogens (primary N) is 1. The molecule has 7 nitrogen and oxygen atoms in total. The lowest BCUT2D eigenvalue weighted by molar-refractivity contribution is -0.192. The summed E-state index contributed by atoms with van der Waals surface area (Å²) in [6.45, 7) is 4.85. The summed E-state index contributed by atoms with van der Waals surface area (Å²) in [7, 11) is 0. The molecule has 0 unspecified atom stereocenters. The van der Waals surface area contributed by atoms with E-state index < -0.39 is 12.1 Å². The van der Waals surface area contributed by atoms with Gasteiger partial charge in [0.25, 0.3) is 0 Å². The van der Waals surface area contributed by atoms with Gasteiger partial charge in [0.2, 0.25) is 5.95 Å². The topological polar surface area (TPSA) is 114 Å². The second-order valence-electron chi connectivity index (χ2n) is 5.65. The van der Waals surface area contributed by atoms with E-state index in [0.29, 0.717) is 5.65 Å². The summed E-state index contributed by atoms with van der Waals surface area (Å²) in [6, 6.07) is 12.1.